The summed E-state index contributed by atoms with van der Waals surface area (Å²) in [5, 5.41) is -0.841. The van der Waals surface area contributed by atoms with Gasteiger partial charge in [-0.15, -0.1) is 0 Å². The fourth-order valence-electron chi connectivity index (χ4n) is 1.01. The second-order valence-corrected chi connectivity index (χ2v) is 3.32. The molecule has 1 aromatic rings. The molecule has 0 amide bonds. The Morgan fingerprint density at radius 1 is 1.57 bits per heavy atom. The summed E-state index contributed by atoms with van der Waals surface area (Å²) in [4.78, 5) is 14.2. The minimum Gasteiger partial charge on any atom is -0.276 e. The average molecular weight is 240 g/mol. The van der Waals surface area contributed by atoms with E-state index in [-0.39, 0.29) is 16.1 Å². The first-order valence-electron chi connectivity index (χ1n) is 3.58. The van der Waals surface area contributed by atoms with E-state index in [1.807, 2.05) is 0 Å². The third-order valence-electron chi connectivity index (χ3n) is 1.71. The fourth-order valence-corrected chi connectivity index (χ4v) is 1.39. The third-order valence-corrected chi connectivity index (χ3v) is 2.28. The zero-order chi connectivity index (χ0) is 10.9. The molecule has 0 saturated heterocycles. The highest BCUT2D eigenvalue weighted by atomic mass is 35.5. The van der Waals surface area contributed by atoms with Crippen molar-refractivity contribution >= 4 is 28.4 Å². The van der Waals surface area contributed by atoms with Crippen LogP contribution in [0.1, 0.15) is 28.0 Å². The van der Waals surface area contributed by atoms with Crippen molar-refractivity contribution in [1.82, 2.24) is 4.98 Å². The lowest BCUT2D eigenvalue weighted by Crippen LogP contribution is -2.04. The molecule has 1 aromatic heterocycles. The van der Waals surface area contributed by atoms with Crippen molar-refractivity contribution in [2.24, 2.45) is 0 Å². The third kappa shape index (κ3) is 2.01. The van der Waals surface area contributed by atoms with Gasteiger partial charge in [0, 0.05) is 6.20 Å². The molecule has 2 nitrogen and oxygen atoms in total. The van der Waals surface area contributed by atoms with Crippen LogP contribution in [0.5, 0.6) is 0 Å². The summed E-state index contributed by atoms with van der Waals surface area (Å²) in [5.41, 5.74) is -0.724. The van der Waals surface area contributed by atoms with E-state index in [9.17, 15) is 13.6 Å². The van der Waals surface area contributed by atoms with Gasteiger partial charge in [-0.2, -0.15) is 0 Å². The number of aromatic nitrogens is 1. The molecule has 0 spiro atoms. The van der Waals surface area contributed by atoms with E-state index in [4.69, 9.17) is 23.2 Å². The Bertz CT molecular complexity index is 382. The van der Waals surface area contributed by atoms with Crippen LogP contribution < -0.4 is 0 Å². The predicted molar refractivity (Wildman–Crippen MR) is 49.1 cm³/mol. The lowest BCUT2D eigenvalue weighted by atomic mass is 10.1. The number of carbonyl (C=O) groups excluding carboxylic acids is 1. The van der Waals surface area contributed by atoms with E-state index in [2.05, 4.69) is 4.98 Å². The van der Waals surface area contributed by atoms with Crippen LogP contribution >= 0.6 is 23.2 Å². The largest absolute Gasteiger partial charge is 0.281 e. The number of pyridine rings is 1. The van der Waals surface area contributed by atoms with E-state index in [1.54, 1.807) is 0 Å². The van der Waals surface area contributed by atoms with E-state index in [0.717, 1.165) is 6.20 Å². The van der Waals surface area contributed by atoms with Gasteiger partial charge in [0.05, 0.1) is 10.6 Å². The molecule has 0 atom stereocenters. The van der Waals surface area contributed by atoms with Crippen LogP contribution in [-0.2, 0) is 0 Å². The van der Waals surface area contributed by atoms with E-state index >= 15 is 0 Å². The first-order valence-corrected chi connectivity index (χ1v) is 4.33. The smallest absolute Gasteiger partial charge is 0.276 e. The number of alkyl halides is 2. The van der Waals surface area contributed by atoms with Gasteiger partial charge in [-0.25, -0.2) is 8.78 Å². The molecule has 0 aliphatic heterocycles. The number of hydrogen-bond acceptors (Lipinski definition) is 2. The first-order chi connectivity index (χ1) is 6.45. The molecule has 0 bridgehead atoms. The number of rotatable bonds is 2. The van der Waals surface area contributed by atoms with Gasteiger partial charge in [0.25, 0.3) is 11.7 Å². The van der Waals surface area contributed by atoms with Crippen molar-refractivity contribution < 1.29 is 13.6 Å². The zero-order valence-corrected chi connectivity index (χ0v) is 8.53. The second-order valence-electron chi connectivity index (χ2n) is 2.57. The second kappa shape index (κ2) is 4.19. The predicted octanol–water partition coefficient (Wildman–Crippen LogP) is 3.36. The fraction of sp³-hybridized carbons (Fsp3) is 0.250. The summed E-state index contributed by atoms with van der Waals surface area (Å²) in [6.45, 7) is 1.44. The summed E-state index contributed by atoms with van der Waals surface area (Å²) in [5.74, 6) is 0. The van der Waals surface area contributed by atoms with Crippen LogP contribution in [0.25, 0.3) is 0 Å². The maximum absolute atomic E-state index is 12.4. The molecule has 1 heterocycles. The van der Waals surface area contributed by atoms with Crippen LogP contribution in [0.15, 0.2) is 6.20 Å². The Labute approximate surface area is 88.8 Å². The van der Waals surface area contributed by atoms with Gasteiger partial charge in [-0.05, 0) is 24.1 Å². The monoisotopic (exact) mass is 239 g/mol. The van der Waals surface area contributed by atoms with Crippen molar-refractivity contribution in [2.45, 2.75) is 13.3 Å². The number of nitrogens with zero attached hydrogens (tertiary/aromatic N) is 1. The maximum Gasteiger partial charge on any atom is 0.281 e. The van der Waals surface area contributed by atoms with Crippen molar-refractivity contribution in [3.63, 3.8) is 0 Å². The van der Waals surface area contributed by atoms with Gasteiger partial charge in [-0.1, -0.05) is 11.6 Å². The molecule has 14 heavy (non-hydrogen) atoms. The summed E-state index contributed by atoms with van der Waals surface area (Å²) in [6.07, 6.45) is -1.77. The standard InChI is InChI=1S/C8H5Cl2F2NO/c1-3-4(9)2-13-6(8(11)12)5(3)7(10)14/h2,8H,1H3. The van der Waals surface area contributed by atoms with Crippen molar-refractivity contribution in [2.75, 3.05) is 0 Å². The average Bonchev–Trinajstić information content (AvgIpc) is 2.08. The van der Waals surface area contributed by atoms with Gasteiger partial charge in [0.15, 0.2) is 0 Å². The lowest BCUT2D eigenvalue weighted by Gasteiger charge is -2.08. The van der Waals surface area contributed by atoms with Crippen LogP contribution in [0, 0.1) is 6.92 Å². The molecule has 0 aliphatic carbocycles. The number of hydrogen-bond donors (Lipinski definition) is 0. The van der Waals surface area contributed by atoms with Gasteiger partial charge in [-0.3, -0.25) is 9.78 Å². The van der Waals surface area contributed by atoms with Gasteiger partial charge < -0.3 is 0 Å². The van der Waals surface area contributed by atoms with Crippen molar-refractivity contribution in [1.29, 1.82) is 0 Å². The molecule has 1 rings (SSSR count). The lowest BCUT2D eigenvalue weighted by molar-refractivity contribution is 0.106. The van der Waals surface area contributed by atoms with Crippen LogP contribution in [0.3, 0.4) is 0 Å². The van der Waals surface area contributed by atoms with Crippen LogP contribution in [-0.4, -0.2) is 10.2 Å². The molecular formula is C8H5Cl2F2NO. The molecule has 0 radical (unpaired) electrons. The Morgan fingerprint density at radius 2 is 2.14 bits per heavy atom. The first kappa shape index (κ1) is 11.3. The normalized spacial score (nSPS) is 10.7. The molecule has 6 heteroatoms. The minimum absolute atomic E-state index is 0.137. The Balaban J connectivity index is 3.45. The molecule has 0 N–H and O–H groups in total. The Kier molecular flexibility index (Phi) is 3.39. The van der Waals surface area contributed by atoms with Gasteiger partial charge in [0.2, 0.25) is 0 Å². The highest BCUT2D eigenvalue weighted by Gasteiger charge is 2.22. The molecule has 0 unspecified atom stereocenters. The molecule has 0 aliphatic rings. The molecule has 0 aromatic carbocycles. The summed E-state index contributed by atoms with van der Waals surface area (Å²) in [6, 6.07) is 0. The highest BCUT2D eigenvalue weighted by Crippen LogP contribution is 2.28. The summed E-state index contributed by atoms with van der Waals surface area (Å²) >= 11 is 10.8. The topological polar surface area (TPSA) is 30.0 Å². The minimum atomic E-state index is -2.84. The van der Waals surface area contributed by atoms with Crippen molar-refractivity contribution in [3.8, 4) is 0 Å². The highest BCUT2D eigenvalue weighted by molar-refractivity contribution is 6.68. The van der Waals surface area contributed by atoms with E-state index in [0.29, 0.717) is 0 Å². The SMILES string of the molecule is Cc1c(Cl)cnc(C(F)F)c1C(=O)Cl. The molecule has 76 valence electrons. The van der Waals surface area contributed by atoms with Gasteiger partial charge in [0.1, 0.15) is 5.69 Å². The van der Waals surface area contributed by atoms with Crippen molar-refractivity contribution in [3.05, 3.63) is 28.0 Å². The summed E-state index contributed by atoms with van der Waals surface area (Å²) in [7, 11) is 0. The quantitative estimate of drug-likeness (QED) is 0.742. The Morgan fingerprint density at radius 3 is 2.57 bits per heavy atom. The summed E-state index contributed by atoms with van der Waals surface area (Å²) < 4.78 is 24.8. The van der Waals surface area contributed by atoms with Gasteiger partial charge >= 0.3 is 0 Å². The molecule has 0 saturated carbocycles. The van der Waals surface area contributed by atoms with E-state index in [1.165, 1.54) is 6.92 Å². The number of carbonyl (C=O) groups is 1. The molecular weight excluding hydrogens is 235 g/mol. The van der Waals surface area contributed by atoms with Crippen LogP contribution in [0.4, 0.5) is 8.78 Å². The van der Waals surface area contributed by atoms with E-state index < -0.39 is 17.4 Å². The zero-order valence-electron chi connectivity index (χ0n) is 7.02. The van der Waals surface area contributed by atoms with Crippen LogP contribution in [0.2, 0.25) is 5.02 Å². The Hall–Kier alpha value is -0.740. The molecule has 0 fully saturated rings. The maximum atomic E-state index is 12.4. The number of halogens is 4.